The van der Waals surface area contributed by atoms with Gasteiger partial charge in [0.1, 0.15) is 17.0 Å². The van der Waals surface area contributed by atoms with Gasteiger partial charge >= 0.3 is 5.69 Å². The van der Waals surface area contributed by atoms with Gasteiger partial charge in [-0.1, -0.05) is 11.6 Å². The van der Waals surface area contributed by atoms with E-state index in [1.54, 1.807) is 6.07 Å². The number of rotatable bonds is 2. The fourth-order valence-electron chi connectivity index (χ4n) is 1.94. The minimum absolute atomic E-state index is 0.0336. The summed E-state index contributed by atoms with van der Waals surface area (Å²) in [6, 6.07) is 1.57. The molecule has 2 rings (SSSR count). The highest BCUT2D eigenvalue weighted by atomic mass is 35.5. The third-order valence-corrected chi connectivity index (χ3v) is 2.93. The van der Waals surface area contributed by atoms with Crippen LogP contribution in [0.15, 0.2) is 12.3 Å². The van der Waals surface area contributed by atoms with Crippen LogP contribution >= 0.6 is 11.6 Å². The van der Waals surface area contributed by atoms with Crippen LogP contribution in [-0.2, 0) is 0 Å². The molecule has 0 aliphatic carbocycles. The molecule has 0 amide bonds. The molecule has 86 valence electrons. The summed E-state index contributed by atoms with van der Waals surface area (Å²) in [5, 5.41) is 11.2. The molecule has 16 heavy (non-hydrogen) atoms. The van der Waals surface area contributed by atoms with E-state index in [4.69, 9.17) is 11.6 Å². The lowest BCUT2D eigenvalue weighted by molar-refractivity contribution is -0.384. The quantitative estimate of drug-likeness (QED) is 0.454. The molecular weight excluding hydrogens is 230 g/mol. The molecule has 0 N–H and O–H groups in total. The second-order valence-electron chi connectivity index (χ2n) is 3.80. The van der Waals surface area contributed by atoms with Crippen molar-refractivity contribution >= 4 is 23.0 Å². The maximum atomic E-state index is 10.9. The number of nitrogens with zero attached hydrogens (tertiary/aromatic N) is 3. The Kier molecular flexibility index (Phi) is 3.24. The molecule has 1 aliphatic rings. The van der Waals surface area contributed by atoms with E-state index in [1.165, 1.54) is 12.6 Å². The third-order valence-electron chi connectivity index (χ3n) is 2.72. The van der Waals surface area contributed by atoms with E-state index in [1.807, 2.05) is 4.90 Å². The number of aromatic nitrogens is 1. The summed E-state index contributed by atoms with van der Waals surface area (Å²) in [7, 11) is 0. The monoisotopic (exact) mass is 241 g/mol. The zero-order valence-corrected chi connectivity index (χ0v) is 9.48. The highest BCUT2D eigenvalue weighted by Crippen LogP contribution is 2.31. The standard InChI is InChI=1S/C10H12ClN3O2/c11-10-6-8(9(7-12-10)14(15)16)13-4-2-1-3-5-13/h6-7H,1-5H2. The Hall–Kier alpha value is -1.36. The van der Waals surface area contributed by atoms with Crippen LogP contribution in [0, 0.1) is 10.1 Å². The molecule has 1 fully saturated rings. The summed E-state index contributed by atoms with van der Waals surface area (Å²) in [6.07, 6.45) is 4.55. The Balaban J connectivity index is 2.36. The summed E-state index contributed by atoms with van der Waals surface area (Å²) in [5.41, 5.74) is 0.621. The van der Waals surface area contributed by atoms with E-state index in [2.05, 4.69) is 4.98 Å². The van der Waals surface area contributed by atoms with Gasteiger partial charge in [-0.25, -0.2) is 4.98 Å². The van der Waals surface area contributed by atoms with Gasteiger partial charge in [0.2, 0.25) is 0 Å². The average molecular weight is 242 g/mol. The van der Waals surface area contributed by atoms with Crippen LogP contribution in [0.3, 0.4) is 0 Å². The van der Waals surface area contributed by atoms with E-state index in [9.17, 15) is 10.1 Å². The Morgan fingerprint density at radius 3 is 2.69 bits per heavy atom. The number of hydrogen-bond donors (Lipinski definition) is 0. The lowest BCUT2D eigenvalue weighted by Gasteiger charge is -2.28. The molecule has 0 atom stereocenters. The summed E-state index contributed by atoms with van der Waals surface area (Å²) in [4.78, 5) is 16.2. The van der Waals surface area contributed by atoms with Crippen LogP contribution in [0.2, 0.25) is 5.15 Å². The molecule has 0 radical (unpaired) electrons. The zero-order valence-electron chi connectivity index (χ0n) is 8.73. The molecule has 5 nitrogen and oxygen atoms in total. The fraction of sp³-hybridized carbons (Fsp3) is 0.500. The maximum absolute atomic E-state index is 10.9. The van der Waals surface area contributed by atoms with Crippen LogP contribution < -0.4 is 4.90 Å². The summed E-state index contributed by atoms with van der Waals surface area (Å²) in [6.45, 7) is 1.70. The minimum Gasteiger partial charge on any atom is -0.366 e. The number of nitro groups is 1. The van der Waals surface area contributed by atoms with E-state index in [-0.39, 0.29) is 5.69 Å². The predicted octanol–water partition coefficient (Wildman–Crippen LogP) is 2.63. The summed E-state index contributed by atoms with van der Waals surface area (Å²) >= 11 is 5.78. The van der Waals surface area contributed by atoms with Crippen molar-refractivity contribution in [2.24, 2.45) is 0 Å². The third kappa shape index (κ3) is 2.24. The summed E-state index contributed by atoms with van der Waals surface area (Å²) in [5.74, 6) is 0. The SMILES string of the molecule is O=[N+]([O-])c1cnc(Cl)cc1N1CCCCC1. The van der Waals surface area contributed by atoms with Crippen molar-refractivity contribution in [2.45, 2.75) is 19.3 Å². The predicted molar refractivity (Wildman–Crippen MR) is 62.0 cm³/mol. The van der Waals surface area contributed by atoms with E-state index in [0.29, 0.717) is 10.8 Å². The van der Waals surface area contributed by atoms with Crippen molar-refractivity contribution in [2.75, 3.05) is 18.0 Å². The first kappa shape index (κ1) is 11.1. The van der Waals surface area contributed by atoms with Crippen molar-refractivity contribution in [1.82, 2.24) is 4.98 Å². The molecular formula is C10H12ClN3O2. The molecule has 0 unspecified atom stereocenters. The normalized spacial score (nSPS) is 16.2. The van der Waals surface area contributed by atoms with Crippen LogP contribution in [0.25, 0.3) is 0 Å². The van der Waals surface area contributed by atoms with Gasteiger partial charge in [-0.15, -0.1) is 0 Å². The molecule has 1 aromatic rings. The molecule has 1 aliphatic heterocycles. The lowest BCUT2D eigenvalue weighted by atomic mass is 10.1. The van der Waals surface area contributed by atoms with Crippen molar-refractivity contribution in [3.63, 3.8) is 0 Å². The average Bonchev–Trinajstić information content (AvgIpc) is 2.29. The van der Waals surface area contributed by atoms with Crippen molar-refractivity contribution < 1.29 is 4.92 Å². The van der Waals surface area contributed by atoms with Gasteiger partial charge in [0.05, 0.1) is 4.92 Å². The fourth-order valence-corrected chi connectivity index (χ4v) is 2.09. The number of pyridine rings is 1. The Morgan fingerprint density at radius 1 is 1.38 bits per heavy atom. The largest absolute Gasteiger partial charge is 0.366 e. The van der Waals surface area contributed by atoms with Crippen molar-refractivity contribution in [3.8, 4) is 0 Å². The molecule has 6 heteroatoms. The zero-order chi connectivity index (χ0) is 11.5. The van der Waals surface area contributed by atoms with Gasteiger partial charge in [-0.2, -0.15) is 0 Å². The molecule has 1 saturated heterocycles. The van der Waals surface area contributed by atoms with E-state index in [0.717, 1.165) is 25.9 Å². The Morgan fingerprint density at radius 2 is 2.06 bits per heavy atom. The van der Waals surface area contributed by atoms with Crippen LogP contribution in [-0.4, -0.2) is 23.0 Å². The molecule has 0 aromatic carbocycles. The first-order valence-electron chi connectivity index (χ1n) is 5.23. The lowest BCUT2D eigenvalue weighted by Crippen LogP contribution is -2.30. The smallest absolute Gasteiger partial charge is 0.310 e. The van der Waals surface area contributed by atoms with E-state index < -0.39 is 4.92 Å². The minimum atomic E-state index is -0.409. The maximum Gasteiger partial charge on any atom is 0.310 e. The first-order valence-corrected chi connectivity index (χ1v) is 5.61. The number of hydrogen-bond acceptors (Lipinski definition) is 4. The molecule has 2 heterocycles. The Labute approximate surface area is 98.2 Å². The molecule has 0 spiro atoms. The summed E-state index contributed by atoms with van der Waals surface area (Å²) < 4.78 is 0. The number of piperidine rings is 1. The highest BCUT2D eigenvalue weighted by Gasteiger charge is 2.21. The number of halogens is 1. The Bertz CT molecular complexity index is 405. The van der Waals surface area contributed by atoms with Crippen LogP contribution in [0.1, 0.15) is 19.3 Å². The van der Waals surface area contributed by atoms with Gasteiger partial charge in [0.25, 0.3) is 0 Å². The topological polar surface area (TPSA) is 59.3 Å². The molecule has 0 bridgehead atoms. The van der Waals surface area contributed by atoms with E-state index >= 15 is 0 Å². The van der Waals surface area contributed by atoms with Crippen LogP contribution in [0.4, 0.5) is 11.4 Å². The van der Waals surface area contributed by atoms with Gasteiger partial charge in [0, 0.05) is 19.2 Å². The number of anilines is 1. The van der Waals surface area contributed by atoms with Gasteiger partial charge in [-0.3, -0.25) is 10.1 Å². The molecule has 1 aromatic heterocycles. The van der Waals surface area contributed by atoms with Crippen LogP contribution in [0.5, 0.6) is 0 Å². The highest BCUT2D eigenvalue weighted by molar-refractivity contribution is 6.29. The second kappa shape index (κ2) is 4.65. The van der Waals surface area contributed by atoms with Crippen molar-refractivity contribution in [1.29, 1.82) is 0 Å². The van der Waals surface area contributed by atoms with Crippen molar-refractivity contribution in [3.05, 3.63) is 27.5 Å². The van der Waals surface area contributed by atoms with Gasteiger partial charge < -0.3 is 4.90 Å². The first-order chi connectivity index (χ1) is 7.68. The van der Waals surface area contributed by atoms with Gasteiger partial charge in [0.15, 0.2) is 0 Å². The molecule has 0 saturated carbocycles. The second-order valence-corrected chi connectivity index (χ2v) is 4.19. The van der Waals surface area contributed by atoms with Gasteiger partial charge in [-0.05, 0) is 19.3 Å².